The largest absolute Gasteiger partial charge is 0.493 e. The Labute approximate surface area is 197 Å². The molecule has 10 heteroatoms. The number of methoxy groups -OCH3 is 2. The molecule has 1 amide bonds. The number of anilines is 1. The van der Waals surface area contributed by atoms with Gasteiger partial charge >= 0.3 is 0 Å². The van der Waals surface area contributed by atoms with E-state index in [1.54, 1.807) is 43.5 Å². The van der Waals surface area contributed by atoms with Gasteiger partial charge in [-0.15, -0.1) is 0 Å². The Bertz CT molecular complexity index is 1200. The maximum atomic E-state index is 12.5. The Balaban J connectivity index is 1.51. The fraction of sp³-hybridized carbons (Fsp3) is 0.174. The molecule has 0 saturated heterocycles. The summed E-state index contributed by atoms with van der Waals surface area (Å²) >= 11 is 5.81. The van der Waals surface area contributed by atoms with Gasteiger partial charge < -0.3 is 19.5 Å². The van der Waals surface area contributed by atoms with E-state index in [1.807, 2.05) is 6.07 Å². The highest BCUT2D eigenvalue weighted by molar-refractivity contribution is 7.92. The topological polar surface area (TPSA) is 103 Å². The number of halogens is 1. The average Bonchev–Trinajstić information content (AvgIpc) is 2.82. The van der Waals surface area contributed by atoms with Crippen molar-refractivity contribution in [1.82, 2.24) is 5.32 Å². The van der Waals surface area contributed by atoms with Crippen LogP contribution in [0.25, 0.3) is 0 Å². The van der Waals surface area contributed by atoms with Crippen LogP contribution >= 0.6 is 11.6 Å². The summed E-state index contributed by atoms with van der Waals surface area (Å²) in [5, 5.41) is 3.26. The molecule has 0 spiro atoms. The zero-order valence-corrected chi connectivity index (χ0v) is 19.6. The highest BCUT2D eigenvalue weighted by Crippen LogP contribution is 2.27. The van der Waals surface area contributed by atoms with E-state index < -0.39 is 10.0 Å². The van der Waals surface area contributed by atoms with Crippen molar-refractivity contribution in [3.8, 4) is 17.2 Å². The van der Waals surface area contributed by atoms with Gasteiger partial charge in [-0.05, 0) is 66.2 Å². The smallest absolute Gasteiger partial charge is 0.261 e. The molecule has 0 aliphatic rings. The maximum absolute atomic E-state index is 12.5. The molecule has 0 atom stereocenters. The Kier molecular flexibility index (Phi) is 8.02. The van der Waals surface area contributed by atoms with Crippen molar-refractivity contribution in [2.75, 3.05) is 25.5 Å². The number of nitrogens with one attached hydrogen (secondary N) is 2. The summed E-state index contributed by atoms with van der Waals surface area (Å²) in [6, 6.07) is 17.4. The van der Waals surface area contributed by atoms with Crippen molar-refractivity contribution >= 4 is 33.2 Å². The van der Waals surface area contributed by atoms with E-state index in [-0.39, 0.29) is 24.0 Å². The number of carbonyl (C=O) groups excluding carboxylic acids is 1. The van der Waals surface area contributed by atoms with Crippen LogP contribution < -0.4 is 24.2 Å². The summed E-state index contributed by atoms with van der Waals surface area (Å²) in [7, 11) is -0.681. The Morgan fingerprint density at radius 1 is 0.909 bits per heavy atom. The predicted molar refractivity (Wildman–Crippen MR) is 126 cm³/mol. The molecule has 0 unspecified atom stereocenters. The number of hydrogen-bond donors (Lipinski definition) is 2. The van der Waals surface area contributed by atoms with Gasteiger partial charge in [-0.2, -0.15) is 0 Å². The van der Waals surface area contributed by atoms with E-state index in [9.17, 15) is 13.2 Å². The third-order valence-electron chi connectivity index (χ3n) is 4.54. The summed E-state index contributed by atoms with van der Waals surface area (Å²) < 4.78 is 43.4. The number of amides is 1. The Hall–Kier alpha value is -3.43. The third kappa shape index (κ3) is 6.77. The van der Waals surface area contributed by atoms with Crippen LogP contribution in [0.1, 0.15) is 5.56 Å². The van der Waals surface area contributed by atoms with Crippen LogP contribution in [0.5, 0.6) is 17.2 Å². The zero-order chi connectivity index (χ0) is 23.8. The molecular weight excluding hydrogens is 468 g/mol. The predicted octanol–water partition coefficient (Wildman–Crippen LogP) is 3.85. The van der Waals surface area contributed by atoms with Gasteiger partial charge in [0.25, 0.3) is 15.9 Å². The van der Waals surface area contributed by atoms with Crippen LogP contribution in [0.4, 0.5) is 5.69 Å². The highest BCUT2D eigenvalue weighted by Gasteiger charge is 2.14. The lowest BCUT2D eigenvalue weighted by Crippen LogP contribution is -2.28. The van der Waals surface area contributed by atoms with Crippen molar-refractivity contribution in [1.29, 1.82) is 0 Å². The van der Waals surface area contributed by atoms with Crippen LogP contribution in [0.2, 0.25) is 5.02 Å². The molecule has 0 radical (unpaired) electrons. The van der Waals surface area contributed by atoms with Gasteiger partial charge in [-0.1, -0.05) is 17.7 Å². The summed E-state index contributed by atoms with van der Waals surface area (Å²) in [4.78, 5) is 12.2. The van der Waals surface area contributed by atoms with Crippen molar-refractivity contribution in [3.05, 3.63) is 77.3 Å². The number of rotatable bonds is 10. The molecule has 3 rings (SSSR count). The minimum absolute atomic E-state index is 0.0581. The lowest BCUT2D eigenvalue weighted by Gasteiger charge is -2.11. The van der Waals surface area contributed by atoms with Crippen LogP contribution in [0, 0.1) is 0 Å². The molecular formula is C23H23ClN2O6S. The average molecular weight is 491 g/mol. The molecule has 2 N–H and O–H groups in total. The maximum Gasteiger partial charge on any atom is 0.261 e. The molecule has 0 aliphatic heterocycles. The molecule has 3 aromatic carbocycles. The summed E-state index contributed by atoms with van der Waals surface area (Å²) in [6.07, 6.45) is 0. The van der Waals surface area contributed by atoms with Gasteiger partial charge in [0.2, 0.25) is 0 Å². The minimum Gasteiger partial charge on any atom is -0.493 e. The lowest BCUT2D eigenvalue weighted by atomic mass is 10.2. The number of sulfonamides is 1. The first-order chi connectivity index (χ1) is 15.8. The van der Waals surface area contributed by atoms with Crippen LogP contribution in [-0.2, 0) is 21.4 Å². The van der Waals surface area contributed by atoms with Crippen molar-refractivity contribution in [3.63, 3.8) is 0 Å². The summed E-state index contributed by atoms with van der Waals surface area (Å²) in [5.74, 6) is 1.21. The Morgan fingerprint density at radius 3 is 2.21 bits per heavy atom. The number of benzene rings is 3. The van der Waals surface area contributed by atoms with E-state index in [0.717, 1.165) is 5.56 Å². The summed E-state index contributed by atoms with van der Waals surface area (Å²) in [5.41, 5.74) is 1.23. The van der Waals surface area contributed by atoms with Crippen molar-refractivity contribution in [2.45, 2.75) is 11.4 Å². The van der Waals surface area contributed by atoms with Gasteiger partial charge in [0.05, 0.1) is 19.1 Å². The first kappa shape index (κ1) is 24.2. The van der Waals surface area contributed by atoms with E-state index in [1.165, 1.54) is 31.4 Å². The fourth-order valence-corrected chi connectivity index (χ4v) is 4.02. The van der Waals surface area contributed by atoms with E-state index >= 15 is 0 Å². The molecule has 0 bridgehead atoms. The van der Waals surface area contributed by atoms with E-state index in [0.29, 0.717) is 28.0 Å². The van der Waals surface area contributed by atoms with Crippen LogP contribution in [-0.4, -0.2) is 35.2 Å². The quantitative estimate of drug-likeness (QED) is 0.447. The highest BCUT2D eigenvalue weighted by atomic mass is 35.5. The van der Waals surface area contributed by atoms with Gasteiger partial charge in [-0.3, -0.25) is 9.52 Å². The monoisotopic (exact) mass is 490 g/mol. The SMILES string of the molecule is COc1ccc(CNC(=O)COc2ccc(S(=O)(=O)Nc3ccc(Cl)cc3)cc2)cc1OC. The second kappa shape index (κ2) is 10.9. The van der Waals surface area contributed by atoms with Gasteiger partial charge in [0.1, 0.15) is 5.75 Å². The van der Waals surface area contributed by atoms with E-state index in [2.05, 4.69) is 10.0 Å². The van der Waals surface area contributed by atoms with E-state index in [4.69, 9.17) is 25.8 Å². The second-order valence-corrected chi connectivity index (χ2v) is 8.96. The molecule has 3 aromatic rings. The molecule has 0 heterocycles. The summed E-state index contributed by atoms with van der Waals surface area (Å²) in [6.45, 7) is 0.0680. The minimum atomic E-state index is -3.77. The standard InChI is InChI=1S/C23H23ClN2O6S/c1-30-21-12-3-16(13-22(21)31-2)14-25-23(27)15-32-19-8-10-20(11-9-19)33(28,29)26-18-6-4-17(24)5-7-18/h3-13,26H,14-15H2,1-2H3,(H,25,27). The molecule has 33 heavy (non-hydrogen) atoms. The fourth-order valence-electron chi connectivity index (χ4n) is 2.84. The third-order valence-corrected chi connectivity index (χ3v) is 6.19. The molecule has 0 saturated carbocycles. The molecule has 0 fully saturated rings. The number of ether oxygens (including phenoxy) is 3. The van der Waals surface area contributed by atoms with Crippen molar-refractivity contribution in [2.24, 2.45) is 0 Å². The molecule has 174 valence electrons. The van der Waals surface area contributed by atoms with Crippen molar-refractivity contribution < 1.29 is 27.4 Å². The zero-order valence-electron chi connectivity index (χ0n) is 18.0. The van der Waals surface area contributed by atoms with Crippen LogP contribution in [0.15, 0.2) is 71.6 Å². The van der Waals surface area contributed by atoms with Gasteiger partial charge in [-0.25, -0.2) is 8.42 Å². The first-order valence-corrected chi connectivity index (χ1v) is 11.7. The Morgan fingerprint density at radius 2 is 1.58 bits per heavy atom. The normalized spacial score (nSPS) is 10.9. The number of carbonyl (C=O) groups is 1. The van der Waals surface area contributed by atoms with Crippen LogP contribution in [0.3, 0.4) is 0 Å². The second-order valence-electron chi connectivity index (χ2n) is 6.84. The molecule has 8 nitrogen and oxygen atoms in total. The molecule has 0 aromatic heterocycles. The van der Waals surface area contributed by atoms with Gasteiger partial charge in [0.15, 0.2) is 18.1 Å². The lowest BCUT2D eigenvalue weighted by molar-refractivity contribution is -0.123. The van der Waals surface area contributed by atoms with Gasteiger partial charge in [0, 0.05) is 17.3 Å². The molecule has 0 aliphatic carbocycles. The number of hydrogen-bond acceptors (Lipinski definition) is 6. The first-order valence-electron chi connectivity index (χ1n) is 9.79.